The first-order valence-corrected chi connectivity index (χ1v) is 11.3. The predicted molar refractivity (Wildman–Crippen MR) is 127 cm³/mol. The zero-order valence-electron chi connectivity index (χ0n) is 18.7. The SMILES string of the molecule is CCn1ncc(Cn2cc(NC(=S)Nc3cnn(C)c3C(=O)N3CCCCC3)cn2)c1C. The van der Waals surface area contributed by atoms with Gasteiger partial charge in [0.15, 0.2) is 5.11 Å². The van der Waals surface area contributed by atoms with E-state index >= 15 is 0 Å². The van der Waals surface area contributed by atoms with Crippen molar-refractivity contribution in [3.8, 4) is 0 Å². The van der Waals surface area contributed by atoms with Gasteiger partial charge in [0.05, 0.1) is 36.5 Å². The average molecular weight is 456 g/mol. The summed E-state index contributed by atoms with van der Waals surface area (Å²) in [4.78, 5) is 14.9. The molecule has 0 bridgehead atoms. The molecule has 1 amide bonds. The highest BCUT2D eigenvalue weighted by Gasteiger charge is 2.24. The maximum Gasteiger partial charge on any atom is 0.274 e. The van der Waals surface area contributed by atoms with Crippen molar-refractivity contribution in [2.75, 3.05) is 23.7 Å². The van der Waals surface area contributed by atoms with Crippen LogP contribution in [0.1, 0.15) is 47.9 Å². The zero-order valence-corrected chi connectivity index (χ0v) is 19.5. The lowest BCUT2D eigenvalue weighted by molar-refractivity contribution is 0.0714. The number of aromatic nitrogens is 6. The van der Waals surface area contributed by atoms with Crippen LogP contribution in [0, 0.1) is 6.92 Å². The predicted octanol–water partition coefficient (Wildman–Crippen LogP) is 2.62. The van der Waals surface area contributed by atoms with E-state index in [0.717, 1.165) is 49.4 Å². The second-order valence-electron chi connectivity index (χ2n) is 7.96. The zero-order chi connectivity index (χ0) is 22.7. The van der Waals surface area contributed by atoms with Crippen LogP contribution in [0.15, 0.2) is 24.8 Å². The van der Waals surface area contributed by atoms with Crippen molar-refractivity contribution in [2.45, 2.75) is 46.2 Å². The number of carbonyl (C=O) groups excluding carboxylic acids is 1. The minimum atomic E-state index is -0.0224. The third-order valence-corrected chi connectivity index (χ3v) is 5.96. The summed E-state index contributed by atoms with van der Waals surface area (Å²) in [6.45, 7) is 7.16. The number of anilines is 2. The van der Waals surface area contributed by atoms with Crippen molar-refractivity contribution in [3.05, 3.63) is 41.7 Å². The van der Waals surface area contributed by atoms with Crippen LogP contribution in [-0.2, 0) is 20.1 Å². The van der Waals surface area contributed by atoms with Gasteiger partial charge in [0.25, 0.3) is 5.91 Å². The van der Waals surface area contributed by atoms with Gasteiger partial charge in [0.1, 0.15) is 5.69 Å². The molecule has 3 aromatic rings. The number of rotatable bonds is 6. The van der Waals surface area contributed by atoms with Crippen LogP contribution in [0.25, 0.3) is 0 Å². The minimum Gasteiger partial charge on any atom is -0.337 e. The molecule has 0 aliphatic carbocycles. The third kappa shape index (κ3) is 4.67. The number of aryl methyl sites for hydroxylation is 2. The van der Waals surface area contributed by atoms with Gasteiger partial charge in [-0.25, -0.2) is 0 Å². The van der Waals surface area contributed by atoms with Crippen molar-refractivity contribution in [2.24, 2.45) is 7.05 Å². The van der Waals surface area contributed by atoms with Crippen molar-refractivity contribution in [1.29, 1.82) is 0 Å². The Hall–Kier alpha value is -3.21. The van der Waals surface area contributed by atoms with Crippen LogP contribution in [0.3, 0.4) is 0 Å². The fourth-order valence-electron chi connectivity index (χ4n) is 3.96. The molecule has 1 fully saturated rings. The van der Waals surface area contributed by atoms with Crippen LogP contribution >= 0.6 is 12.2 Å². The van der Waals surface area contributed by atoms with E-state index < -0.39 is 0 Å². The van der Waals surface area contributed by atoms with Gasteiger partial charge in [0.2, 0.25) is 0 Å². The van der Waals surface area contributed by atoms with Gasteiger partial charge in [-0.1, -0.05) is 0 Å². The first kappa shape index (κ1) is 22.0. The van der Waals surface area contributed by atoms with E-state index in [4.69, 9.17) is 12.2 Å². The van der Waals surface area contributed by atoms with Crippen molar-refractivity contribution in [3.63, 3.8) is 0 Å². The molecule has 10 nitrogen and oxygen atoms in total. The normalized spacial score (nSPS) is 13.9. The smallest absolute Gasteiger partial charge is 0.274 e. The van der Waals surface area contributed by atoms with Crippen LogP contribution in [0.4, 0.5) is 11.4 Å². The van der Waals surface area contributed by atoms with Gasteiger partial charge in [-0.15, -0.1) is 0 Å². The first-order chi connectivity index (χ1) is 15.5. The highest BCUT2D eigenvalue weighted by molar-refractivity contribution is 7.80. The van der Waals surface area contributed by atoms with Crippen molar-refractivity contribution in [1.82, 2.24) is 34.2 Å². The molecule has 0 spiro atoms. The molecule has 1 aliphatic rings. The summed E-state index contributed by atoms with van der Waals surface area (Å²) in [5, 5.41) is 19.7. The van der Waals surface area contributed by atoms with Crippen LogP contribution in [-0.4, -0.2) is 58.4 Å². The molecule has 4 rings (SSSR count). The van der Waals surface area contributed by atoms with Crippen LogP contribution < -0.4 is 10.6 Å². The number of thiocarbonyl (C=S) groups is 1. The van der Waals surface area contributed by atoms with Crippen LogP contribution in [0.5, 0.6) is 0 Å². The van der Waals surface area contributed by atoms with Gasteiger partial charge >= 0.3 is 0 Å². The first-order valence-electron chi connectivity index (χ1n) is 10.9. The van der Waals surface area contributed by atoms with Gasteiger partial charge in [-0.2, -0.15) is 15.3 Å². The number of carbonyl (C=O) groups is 1. The van der Waals surface area contributed by atoms with E-state index in [1.807, 2.05) is 26.7 Å². The summed E-state index contributed by atoms with van der Waals surface area (Å²) in [5.74, 6) is -0.0224. The molecule has 0 unspecified atom stereocenters. The molecule has 0 atom stereocenters. The van der Waals surface area contributed by atoms with E-state index in [1.165, 1.54) is 6.42 Å². The van der Waals surface area contributed by atoms with E-state index in [9.17, 15) is 4.79 Å². The fraction of sp³-hybridized carbons (Fsp3) is 0.476. The maximum absolute atomic E-state index is 13.0. The lowest BCUT2D eigenvalue weighted by atomic mass is 10.1. The average Bonchev–Trinajstić information content (AvgIpc) is 3.48. The Morgan fingerprint density at radius 3 is 2.59 bits per heavy atom. The molecule has 2 N–H and O–H groups in total. The molecule has 1 saturated heterocycles. The Morgan fingerprint density at radius 1 is 1.09 bits per heavy atom. The summed E-state index contributed by atoms with van der Waals surface area (Å²) in [5.41, 5.74) is 4.12. The molecule has 3 aromatic heterocycles. The highest BCUT2D eigenvalue weighted by Crippen LogP contribution is 2.20. The number of likely N-dealkylation sites (tertiary alicyclic amines) is 1. The quantitative estimate of drug-likeness (QED) is 0.552. The summed E-state index contributed by atoms with van der Waals surface area (Å²) < 4.78 is 5.40. The summed E-state index contributed by atoms with van der Waals surface area (Å²) in [6.07, 6.45) is 10.4. The molecule has 0 saturated carbocycles. The minimum absolute atomic E-state index is 0.0224. The number of hydrogen-bond acceptors (Lipinski definition) is 5. The Balaban J connectivity index is 1.39. The van der Waals surface area contributed by atoms with E-state index in [1.54, 1.807) is 24.1 Å². The van der Waals surface area contributed by atoms with Crippen LogP contribution in [0.2, 0.25) is 0 Å². The molecule has 32 heavy (non-hydrogen) atoms. The van der Waals surface area contributed by atoms with E-state index in [2.05, 4.69) is 39.8 Å². The standard InChI is InChI=1S/C21H29N9OS/c1-4-30-15(2)16(10-24-30)13-29-14-17(11-23-29)25-21(32)26-18-12-22-27(3)19(18)20(31)28-8-6-5-7-9-28/h10-12,14H,4-9,13H2,1-3H3,(H2,25,26,32). The lowest BCUT2D eigenvalue weighted by Gasteiger charge is -2.27. The molecule has 0 aromatic carbocycles. The molecule has 1 aliphatic heterocycles. The third-order valence-electron chi connectivity index (χ3n) is 5.76. The molecule has 0 radical (unpaired) electrons. The summed E-state index contributed by atoms with van der Waals surface area (Å²) in [6, 6.07) is 0. The molecule has 170 valence electrons. The summed E-state index contributed by atoms with van der Waals surface area (Å²) in [7, 11) is 1.77. The molecular formula is C21H29N9OS. The van der Waals surface area contributed by atoms with E-state index in [-0.39, 0.29) is 5.91 Å². The Bertz CT molecular complexity index is 1110. The van der Waals surface area contributed by atoms with Crippen molar-refractivity contribution >= 4 is 34.6 Å². The second kappa shape index (κ2) is 9.51. The number of piperidine rings is 1. The van der Waals surface area contributed by atoms with Gasteiger partial charge in [-0.3, -0.25) is 18.8 Å². The lowest BCUT2D eigenvalue weighted by Crippen LogP contribution is -2.37. The Morgan fingerprint density at radius 2 is 1.88 bits per heavy atom. The topological polar surface area (TPSA) is 97.8 Å². The largest absolute Gasteiger partial charge is 0.337 e. The fourth-order valence-corrected chi connectivity index (χ4v) is 4.19. The Labute approximate surface area is 192 Å². The Kier molecular flexibility index (Phi) is 6.54. The number of nitrogens with zero attached hydrogens (tertiary/aromatic N) is 7. The second-order valence-corrected chi connectivity index (χ2v) is 8.37. The summed E-state index contributed by atoms with van der Waals surface area (Å²) >= 11 is 5.47. The van der Waals surface area contributed by atoms with Gasteiger partial charge < -0.3 is 15.5 Å². The molecule has 11 heteroatoms. The van der Waals surface area contributed by atoms with Gasteiger partial charge in [0, 0.05) is 44.1 Å². The molecule has 4 heterocycles. The molecular weight excluding hydrogens is 426 g/mol. The number of amides is 1. The number of hydrogen-bond donors (Lipinski definition) is 2. The number of nitrogens with one attached hydrogen (secondary N) is 2. The monoisotopic (exact) mass is 455 g/mol. The van der Waals surface area contributed by atoms with Gasteiger partial charge in [-0.05, 0) is 45.3 Å². The highest BCUT2D eigenvalue weighted by atomic mass is 32.1. The van der Waals surface area contributed by atoms with E-state index in [0.29, 0.717) is 23.0 Å². The van der Waals surface area contributed by atoms with Crippen molar-refractivity contribution < 1.29 is 4.79 Å². The maximum atomic E-state index is 13.0.